The zero-order valence-corrected chi connectivity index (χ0v) is 12.7. The normalized spacial score (nSPS) is 14.8. The number of nitrogen functional groups attached to an aromatic ring is 1. The molecule has 0 spiro atoms. The first-order valence-corrected chi connectivity index (χ1v) is 7.31. The lowest BCUT2D eigenvalue weighted by Gasteiger charge is -2.27. The second-order valence-electron chi connectivity index (χ2n) is 5.98. The van der Waals surface area contributed by atoms with Crippen LogP contribution in [0.5, 0.6) is 0 Å². The van der Waals surface area contributed by atoms with E-state index >= 15 is 0 Å². The highest BCUT2D eigenvalue weighted by Crippen LogP contribution is 2.28. The minimum absolute atomic E-state index is 0.191. The molecule has 1 aromatic rings. The Morgan fingerprint density at radius 2 is 2.10 bits per heavy atom. The van der Waals surface area contributed by atoms with Crippen LogP contribution in [0.1, 0.15) is 32.3 Å². The van der Waals surface area contributed by atoms with Gasteiger partial charge in [-0.05, 0) is 44.4 Å². The van der Waals surface area contributed by atoms with E-state index in [1.807, 2.05) is 44.0 Å². The van der Waals surface area contributed by atoms with E-state index in [1.54, 1.807) is 0 Å². The molecule has 1 amide bonds. The van der Waals surface area contributed by atoms with Gasteiger partial charge in [-0.15, -0.1) is 0 Å². The summed E-state index contributed by atoms with van der Waals surface area (Å²) in [4.78, 5) is 16.3. The van der Waals surface area contributed by atoms with Crippen molar-refractivity contribution in [3.63, 3.8) is 0 Å². The Morgan fingerprint density at radius 3 is 2.65 bits per heavy atom. The van der Waals surface area contributed by atoms with E-state index in [9.17, 15) is 4.79 Å². The lowest BCUT2D eigenvalue weighted by Crippen LogP contribution is -2.42. The summed E-state index contributed by atoms with van der Waals surface area (Å²) in [5.41, 5.74) is 7.78. The standard InChI is InChI=1S/C16H25N3O/c1-12(2)18(3)16(20)11-19(15-7-8-15)10-13-5-4-6-14(17)9-13/h4-6,9,12,15H,7-8,10-11,17H2,1-3H3. The molecule has 0 aromatic heterocycles. The van der Waals surface area contributed by atoms with E-state index in [2.05, 4.69) is 11.0 Å². The Labute approximate surface area is 121 Å². The van der Waals surface area contributed by atoms with Crippen molar-refractivity contribution in [3.05, 3.63) is 29.8 Å². The lowest BCUT2D eigenvalue weighted by atomic mass is 10.2. The second-order valence-corrected chi connectivity index (χ2v) is 5.98. The van der Waals surface area contributed by atoms with Gasteiger partial charge >= 0.3 is 0 Å². The molecule has 0 aliphatic heterocycles. The van der Waals surface area contributed by atoms with E-state index < -0.39 is 0 Å². The number of likely N-dealkylation sites (N-methyl/N-ethyl adjacent to an activating group) is 1. The Bertz CT molecular complexity index is 469. The molecule has 0 atom stereocenters. The summed E-state index contributed by atoms with van der Waals surface area (Å²) in [7, 11) is 1.87. The summed E-state index contributed by atoms with van der Waals surface area (Å²) < 4.78 is 0. The number of rotatable bonds is 6. The van der Waals surface area contributed by atoms with Gasteiger partial charge in [-0.25, -0.2) is 0 Å². The number of amides is 1. The van der Waals surface area contributed by atoms with Gasteiger partial charge in [-0.3, -0.25) is 9.69 Å². The SMILES string of the molecule is CC(C)N(C)C(=O)CN(Cc1cccc(N)c1)C1CC1. The summed E-state index contributed by atoms with van der Waals surface area (Å²) in [5, 5.41) is 0. The van der Waals surface area contributed by atoms with Gasteiger partial charge in [0.15, 0.2) is 0 Å². The molecule has 0 unspecified atom stereocenters. The highest BCUT2D eigenvalue weighted by Gasteiger charge is 2.31. The first kappa shape index (κ1) is 14.9. The number of benzene rings is 1. The molecule has 110 valence electrons. The minimum Gasteiger partial charge on any atom is -0.399 e. The Hall–Kier alpha value is -1.55. The quantitative estimate of drug-likeness (QED) is 0.809. The summed E-state index contributed by atoms with van der Waals surface area (Å²) in [6.45, 7) is 5.37. The van der Waals surface area contributed by atoms with Crippen LogP contribution in [-0.2, 0) is 11.3 Å². The predicted octanol–water partition coefficient (Wildman–Crippen LogP) is 2.10. The van der Waals surface area contributed by atoms with Gasteiger partial charge in [-0.1, -0.05) is 12.1 Å². The van der Waals surface area contributed by atoms with Crippen molar-refractivity contribution < 1.29 is 4.79 Å². The predicted molar refractivity (Wildman–Crippen MR) is 82.2 cm³/mol. The maximum Gasteiger partial charge on any atom is 0.236 e. The zero-order chi connectivity index (χ0) is 14.7. The lowest BCUT2D eigenvalue weighted by molar-refractivity contribution is -0.132. The van der Waals surface area contributed by atoms with E-state index in [0.29, 0.717) is 12.6 Å². The number of carbonyl (C=O) groups excluding carboxylic acids is 1. The first-order chi connectivity index (χ1) is 9.47. The Kier molecular flexibility index (Phi) is 4.65. The number of hydrogen-bond donors (Lipinski definition) is 1. The van der Waals surface area contributed by atoms with Crippen molar-refractivity contribution in [2.24, 2.45) is 0 Å². The molecule has 1 aliphatic carbocycles. The molecular weight excluding hydrogens is 250 g/mol. The first-order valence-electron chi connectivity index (χ1n) is 7.31. The van der Waals surface area contributed by atoms with E-state index in [0.717, 1.165) is 12.2 Å². The van der Waals surface area contributed by atoms with Crippen LogP contribution in [0.25, 0.3) is 0 Å². The van der Waals surface area contributed by atoms with Gasteiger partial charge in [0.2, 0.25) is 5.91 Å². The summed E-state index contributed by atoms with van der Waals surface area (Å²) in [5.74, 6) is 0.191. The molecule has 1 aromatic carbocycles. The number of nitrogens with two attached hydrogens (primary N) is 1. The zero-order valence-electron chi connectivity index (χ0n) is 12.7. The fourth-order valence-corrected chi connectivity index (χ4v) is 2.25. The van der Waals surface area contributed by atoms with Crippen LogP contribution in [0.4, 0.5) is 5.69 Å². The third kappa shape index (κ3) is 3.97. The summed E-state index contributed by atoms with van der Waals surface area (Å²) in [6.07, 6.45) is 2.39. The van der Waals surface area contributed by atoms with Crippen molar-refractivity contribution in [2.75, 3.05) is 19.3 Å². The van der Waals surface area contributed by atoms with E-state index in [-0.39, 0.29) is 11.9 Å². The molecule has 1 aliphatic rings. The van der Waals surface area contributed by atoms with Crippen molar-refractivity contribution in [1.82, 2.24) is 9.80 Å². The number of hydrogen-bond acceptors (Lipinski definition) is 3. The number of nitrogens with zero attached hydrogens (tertiary/aromatic N) is 2. The molecule has 2 N–H and O–H groups in total. The summed E-state index contributed by atoms with van der Waals surface area (Å²) in [6, 6.07) is 8.73. The van der Waals surface area contributed by atoms with Gasteiger partial charge in [0.25, 0.3) is 0 Å². The van der Waals surface area contributed by atoms with Gasteiger partial charge in [0.05, 0.1) is 6.54 Å². The molecule has 4 nitrogen and oxygen atoms in total. The molecule has 2 rings (SSSR count). The van der Waals surface area contributed by atoms with Crippen LogP contribution in [0.2, 0.25) is 0 Å². The second kappa shape index (κ2) is 6.27. The van der Waals surface area contributed by atoms with Crippen LogP contribution < -0.4 is 5.73 Å². The topological polar surface area (TPSA) is 49.6 Å². The molecule has 1 fully saturated rings. The van der Waals surface area contributed by atoms with Crippen molar-refractivity contribution in [1.29, 1.82) is 0 Å². The van der Waals surface area contributed by atoms with Crippen LogP contribution in [-0.4, -0.2) is 41.4 Å². The fraction of sp³-hybridized carbons (Fsp3) is 0.562. The third-order valence-corrected chi connectivity index (χ3v) is 3.91. The van der Waals surface area contributed by atoms with E-state index in [1.165, 1.54) is 18.4 Å². The van der Waals surface area contributed by atoms with Gasteiger partial charge in [-0.2, -0.15) is 0 Å². The Balaban J connectivity index is 1.99. The number of anilines is 1. The largest absolute Gasteiger partial charge is 0.399 e. The average molecular weight is 275 g/mol. The summed E-state index contributed by atoms with van der Waals surface area (Å²) >= 11 is 0. The molecule has 1 saturated carbocycles. The maximum atomic E-state index is 12.2. The van der Waals surface area contributed by atoms with E-state index in [4.69, 9.17) is 5.73 Å². The third-order valence-electron chi connectivity index (χ3n) is 3.91. The molecule has 4 heteroatoms. The minimum atomic E-state index is 0.191. The van der Waals surface area contributed by atoms with Gasteiger partial charge in [0, 0.05) is 31.4 Å². The van der Waals surface area contributed by atoms with Crippen molar-refractivity contribution in [2.45, 2.75) is 45.3 Å². The fourth-order valence-electron chi connectivity index (χ4n) is 2.25. The Morgan fingerprint density at radius 1 is 1.40 bits per heavy atom. The van der Waals surface area contributed by atoms with Gasteiger partial charge < -0.3 is 10.6 Å². The molecule has 0 radical (unpaired) electrons. The van der Waals surface area contributed by atoms with Crippen molar-refractivity contribution in [3.8, 4) is 0 Å². The molecular formula is C16H25N3O. The number of carbonyl (C=O) groups is 1. The smallest absolute Gasteiger partial charge is 0.236 e. The monoisotopic (exact) mass is 275 g/mol. The van der Waals surface area contributed by atoms with Crippen LogP contribution in [0, 0.1) is 0 Å². The van der Waals surface area contributed by atoms with Crippen LogP contribution >= 0.6 is 0 Å². The van der Waals surface area contributed by atoms with Crippen LogP contribution in [0.15, 0.2) is 24.3 Å². The molecule has 0 bridgehead atoms. The molecule has 0 heterocycles. The average Bonchev–Trinajstić information content (AvgIpc) is 3.21. The highest BCUT2D eigenvalue weighted by molar-refractivity contribution is 5.78. The van der Waals surface area contributed by atoms with Crippen molar-refractivity contribution >= 4 is 11.6 Å². The highest BCUT2D eigenvalue weighted by atomic mass is 16.2. The molecule has 0 saturated heterocycles. The van der Waals surface area contributed by atoms with Gasteiger partial charge in [0.1, 0.15) is 0 Å². The van der Waals surface area contributed by atoms with Crippen LogP contribution in [0.3, 0.4) is 0 Å². The maximum absolute atomic E-state index is 12.2. The molecule has 20 heavy (non-hydrogen) atoms.